The van der Waals surface area contributed by atoms with Crippen molar-refractivity contribution >= 4 is 11.4 Å². The first-order valence-corrected chi connectivity index (χ1v) is 6.10. The second-order valence-electron chi connectivity index (χ2n) is 4.95. The van der Waals surface area contributed by atoms with Gasteiger partial charge in [-0.25, -0.2) is 0 Å². The van der Waals surface area contributed by atoms with E-state index in [2.05, 4.69) is 5.32 Å². The molecule has 1 aliphatic carbocycles. The molecule has 3 rings (SSSR count). The van der Waals surface area contributed by atoms with Gasteiger partial charge in [0.25, 0.3) is 0 Å². The third kappa shape index (κ3) is 1.60. The Morgan fingerprint density at radius 3 is 2.81 bits per heavy atom. The quantitative estimate of drug-likeness (QED) is 0.658. The minimum absolute atomic E-state index is 0.0430. The van der Waals surface area contributed by atoms with Crippen molar-refractivity contribution in [2.75, 3.05) is 17.6 Å². The van der Waals surface area contributed by atoms with E-state index in [9.17, 15) is 0 Å². The van der Waals surface area contributed by atoms with Crippen LogP contribution in [0.5, 0.6) is 5.75 Å². The van der Waals surface area contributed by atoms with Crippen molar-refractivity contribution in [2.45, 2.75) is 37.7 Å². The number of nitrogen functional groups attached to an aromatic ring is 1. The molecule has 3 heteroatoms. The van der Waals surface area contributed by atoms with Crippen LogP contribution in [0, 0.1) is 0 Å². The molecule has 0 unspecified atom stereocenters. The summed E-state index contributed by atoms with van der Waals surface area (Å²) < 4.78 is 6.20. The maximum Gasteiger partial charge on any atom is 0.143 e. The third-order valence-electron chi connectivity index (χ3n) is 3.70. The SMILES string of the molecule is Nc1ccc2c(c1)NCC1(CCCCC1)O2. The molecule has 0 saturated heterocycles. The van der Waals surface area contributed by atoms with Crippen LogP contribution in [0.1, 0.15) is 32.1 Å². The summed E-state index contributed by atoms with van der Waals surface area (Å²) in [5.41, 5.74) is 7.62. The highest BCUT2D eigenvalue weighted by Crippen LogP contribution is 2.40. The van der Waals surface area contributed by atoms with Crippen molar-refractivity contribution in [3.8, 4) is 5.75 Å². The monoisotopic (exact) mass is 218 g/mol. The first-order chi connectivity index (χ1) is 7.77. The van der Waals surface area contributed by atoms with Crippen LogP contribution in [0.25, 0.3) is 0 Å². The number of hydrogen-bond acceptors (Lipinski definition) is 3. The Morgan fingerprint density at radius 1 is 1.19 bits per heavy atom. The van der Waals surface area contributed by atoms with Crippen molar-refractivity contribution in [2.24, 2.45) is 0 Å². The van der Waals surface area contributed by atoms with E-state index < -0.39 is 0 Å². The second-order valence-corrected chi connectivity index (χ2v) is 4.95. The van der Waals surface area contributed by atoms with Crippen LogP contribution in [0.4, 0.5) is 11.4 Å². The average molecular weight is 218 g/mol. The lowest BCUT2D eigenvalue weighted by atomic mass is 9.83. The van der Waals surface area contributed by atoms with E-state index in [1.54, 1.807) is 0 Å². The van der Waals surface area contributed by atoms with E-state index in [4.69, 9.17) is 10.5 Å². The molecule has 0 atom stereocenters. The molecular weight excluding hydrogens is 200 g/mol. The Hall–Kier alpha value is -1.38. The molecule has 3 nitrogen and oxygen atoms in total. The number of nitrogens with one attached hydrogen (secondary N) is 1. The zero-order chi connectivity index (χ0) is 11.0. The van der Waals surface area contributed by atoms with E-state index in [1.807, 2.05) is 18.2 Å². The van der Waals surface area contributed by atoms with Gasteiger partial charge in [-0.3, -0.25) is 0 Å². The normalized spacial score (nSPS) is 22.0. The fourth-order valence-corrected chi connectivity index (χ4v) is 2.78. The Morgan fingerprint density at radius 2 is 2.00 bits per heavy atom. The van der Waals surface area contributed by atoms with Crippen molar-refractivity contribution in [1.29, 1.82) is 0 Å². The predicted molar refractivity (Wildman–Crippen MR) is 65.8 cm³/mol. The van der Waals surface area contributed by atoms with E-state index in [0.717, 1.165) is 23.7 Å². The van der Waals surface area contributed by atoms with E-state index in [1.165, 1.54) is 32.1 Å². The molecule has 1 heterocycles. The molecule has 1 saturated carbocycles. The molecule has 0 bridgehead atoms. The van der Waals surface area contributed by atoms with Crippen LogP contribution in [-0.4, -0.2) is 12.1 Å². The van der Waals surface area contributed by atoms with Gasteiger partial charge >= 0.3 is 0 Å². The smallest absolute Gasteiger partial charge is 0.143 e. The lowest BCUT2D eigenvalue weighted by Crippen LogP contribution is -2.47. The van der Waals surface area contributed by atoms with Gasteiger partial charge in [0, 0.05) is 5.69 Å². The molecule has 0 amide bonds. The summed E-state index contributed by atoms with van der Waals surface area (Å²) >= 11 is 0. The van der Waals surface area contributed by atoms with Crippen LogP contribution in [0.15, 0.2) is 18.2 Å². The lowest BCUT2D eigenvalue weighted by Gasteiger charge is -2.41. The zero-order valence-electron chi connectivity index (χ0n) is 9.46. The summed E-state index contributed by atoms with van der Waals surface area (Å²) in [4.78, 5) is 0. The van der Waals surface area contributed by atoms with Gasteiger partial charge < -0.3 is 15.8 Å². The number of hydrogen-bond donors (Lipinski definition) is 2. The van der Waals surface area contributed by atoms with Gasteiger partial charge in [0.1, 0.15) is 11.4 Å². The number of fused-ring (bicyclic) bond motifs is 1. The largest absolute Gasteiger partial charge is 0.483 e. The van der Waals surface area contributed by atoms with Gasteiger partial charge in [0.05, 0.1) is 12.2 Å². The van der Waals surface area contributed by atoms with Crippen LogP contribution in [0.3, 0.4) is 0 Å². The van der Waals surface area contributed by atoms with Crippen LogP contribution >= 0.6 is 0 Å². The topological polar surface area (TPSA) is 47.3 Å². The van der Waals surface area contributed by atoms with Crippen LogP contribution < -0.4 is 15.8 Å². The molecule has 1 fully saturated rings. The molecule has 86 valence electrons. The van der Waals surface area contributed by atoms with Gasteiger partial charge in [-0.15, -0.1) is 0 Å². The van der Waals surface area contributed by atoms with E-state index in [-0.39, 0.29) is 5.60 Å². The highest BCUT2D eigenvalue weighted by Gasteiger charge is 2.37. The fraction of sp³-hybridized carbons (Fsp3) is 0.538. The summed E-state index contributed by atoms with van der Waals surface area (Å²) in [5, 5.41) is 3.46. The van der Waals surface area contributed by atoms with Gasteiger partial charge in [-0.2, -0.15) is 0 Å². The van der Waals surface area contributed by atoms with Gasteiger partial charge in [-0.05, 0) is 43.9 Å². The predicted octanol–water partition coefficient (Wildman–Crippen LogP) is 2.78. The summed E-state index contributed by atoms with van der Waals surface area (Å²) in [7, 11) is 0. The van der Waals surface area contributed by atoms with Crippen molar-refractivity contribution < 1.29 is 4.74 Å². The molecule has 2 aliphatic rings. The minimum atomic E-state index is 0.0430. The maximum absolute atomic E-state index is 6.20. The standard InChI is InChI=1S/C13H18N2O/c14-10-4-5-12-11(8-10)15-9-13(16-12)6-2-1-3-7-13/h4-5,8,15H,1-3,6-7,9,14H2. The van der Waals surface area contributed by atoms with Crippen LogP contribution in [-0.2, 0) is 0 Å². The highest BCUT2D eigenvalue weighted by atomic mass is 16.5. The summed E-state index contributed by atoms with van der Waals surface area (Å²) in [6.45, 7) is 0.920. The van der Waals surface area contributed by atoms with Gasteiger partial charge in [-0.1, -0.05) is 6.42 Å². The van der Waals surface area contributed by atoms with E-state index >= 15 is 0 Å². The number of nitrogens with two attached hydrogens (primary N) is 1. The Bertz CT molecular complexity index is 397. The third-order valence-corrected chi connectivity index (χ3v) is 3.70. The Labute approximate surface area is 96.0 Å². The van der Waals surface area contributed by atoms with Crippen LogP contribution in [0.2, 0.25) is 0 Å². The highest BCUT2D eigenvalue weighted by molar-refractivity contribution is 5.65. The average Bonchev–Trinajstić information content (AvgIpc) is 2.31. The summed E-state index contributed by atoms with van der Waals surface area (Å²) in [6.07, 6.45) is 6.26. The number of anilines is 2. The van der Waals surface area contributed by atoms with Gasteiger partial charge in [0.2, 0.25) is 0 Å². The Balaban J connectivity index is 1.88. The molecule has 3 N–H and O–H groups in total. The molecule has 1 aromatic rings. The first kappa shape index (κ1) is 9.82. The van der Waals surface area contributed by atoms with Gasteiger partial charge in [0.15, 0.2) is 0 Å². The molecule has 0 radical (unpaired) electrons. The second kappa shape index (κ2) is 3.58. The molecule has 0 aromatic heterocycles. The fourth-order valence-electron chi connectivity index (χ4n) is 2.78. The molecule has 1 aromatic carbocycles. The van der Waals surface area contributed by atoms with Crippen molar-refractivity contribution in [3.05, 3.63) is 18.2 Å². The zero-order valence-corrected chi connectivity index (χ0v) is 9.46. The molecule has 1 aliphatic heterocycles. The number of ether oxygens (including phenoxy) is 1. The van der Waals surface area contributed by atoms with E-state index in [0.29, 0.717) is 0 Å². The summed E-state index contributed by atoms with van der Waals surface area (Å²) in [5.74, 6) is 0.961. The van der Waals surface area contributed by atoms with Crippen molar-refractivity contribution in [3.63, 3.8) is 0 Å². The number of rotatable bonds is 0. The van der Waals surface area contributed by atoms with Crippen molar-refractivity contribution in [1.82, 2.24) is 0 Å². The maximum atomic E-state index is 6.20. The molecular formula is C13H18N2O. The molecule has 1 spiro atoms. The minimum Gasteiger partial charge on any atom is -0.483 e. The lowest BCUT2D eigenvalue weighted by molar-refractivity contribution is 0.0370. The molecule has 16 heavy (non-hydrogen) atoms. The Kier molecular flexibility index (Phi) is 2.20. The first-order valence-electron chi connectivity index (χ1n) is 6.10. The summed E-state index contributed by atoms with van der Waals surface area (Å²) in [6, 6.07) is 5.83. The number of benzene rings is 1.